The Bertz CT molecular complexity index is 703. The summed E-state index contributed by atoms with van der Waals surface area (Å²) in [5.74, 6) is -0.348. The molecule has 5 nitrogen and oxygen atoms in total. The molecular weight excluding hydrogens is 287 g/mol. The fourth-order valence-corrected chi connectivity index (χ4v) is 2.07. The van der Waals surface area contributed by atoms with E-state index in [-0.39, 0.29) is 23.5 Å². The van der Waals surface area contributed by atoms with E-state index in [0.717, 1.165) is 0 Å². The van der Waals surface area contributed by atoms with Gasteiger partial charge in [0.25, 0.3) is 5.56 Å². The minimum atomic E-state index is -1.30. The molecule has 2 aromatic rings. The molecule has 1 aromatic carbocycles. The van der Waals surface area contributed by atoms with Gasteiger partial charge in [0.15, 0.2) is 0 Å². The zero-order chi connectivity index (χ0) is 16.3. The monoisotopic (exact) mass is 306 g/mol. The van der Waals surface area contributed by atoms with Gasteiger partial charge >= 0.3 is 0 Å². The molecule has 6 heteroatoms. The summed E-state index contributed by atoms with van der Waals surface area (Å²) in [6, 6.07) is 7.35. The number of aromatic nitrogens is 2. The SMILES string of the molecule is COCCn1nc(-c2ccc(F)cc2)cc(C(C)(C)O)c1=O. The normalized spacial score (nSPS) is 11.7. The molecule has 1 N–H and O–H groups in total. The fraction of sp³-hybridized carbons (Fsp3) is 0.375. The van der Waals surface area contributed by atoms with Crippen molar-refractivity contribution in [2.45, 2.75) is 26.0 Å². The summed E-state index contributed by atoms with van der Waals surface area (Å²) in [6.07, 6.45) is 0. The molecule has 0 aliphatic rings. The van der Waals surface area contributed by atoms with E-state index in [0.29, 0.717) is 17.9 Å². The van der Waals surface area contributed by atoms with Crippen LogP contribution in [0.1, 0.15) is 19.4 Å². The lowest BCUT2D eigenvalue weighted by Gasteiger charge is -2.19. The summed E-state index contributed by atoms with van der Waals surface area (Å²) in [6.45, 7) is 3.68. The van der Waals surface area contributed by atoms with Crippen LogP contribution in [0.4, 0.5) is 4.39 Å². The van der Waals surface area contributed by atoms with Crippen molar-refractivity contribution in [3.8, 4) is 11.3 Å². The molecule has 0 aliphatic heterocycles. The Labute approximate surface area is 128 Å². The maximum Gasteiger partial charge on any atom is 0.272 e. The molecule has 0 radical (unpaired) electrons. The third kappa shape index (κ3) is 3.58. The Hall–Kier alpha value is -2.05. The molecular formula is C16H19FN2O3. The molecule has 118 valence electrons. The van der Waals surface area contributed by atoms with Gasteiger partial charge in [-0.2, -0.15) is 5.10 Å². The van der Waals surface area contributed by atoms with Crippen LogP contribution in [0, 0.1) is 5.82 Å². The molecule has 0 aliphatic carbocycles. The van der Waals surface area contributed by atoms with E-state index < -0.39 is 5.60 Å². The molecule has 0 amide bonds. The summed E-state index contributed by atoms with van der Waals surface area (Å²) >= 11 is 0. The first kappa shape index (κ1) is 16.3. The Balaban J connectivity index is 2.59. The molecule has 22 heavy (non-hydrogen) atoms. The van der Waals surface area contributed by atoms with Crippen molar-refractivity contribution in [2.24, 2.45) is 0 Å². The number of ether oxygens (including phenoxy) is 1. The van der Waals surface area contributed by atoms with E-state index in [2.05, 4.69) is 5.10 Å². The highest BCUT2D eigenvalue weighted by Crippen LogP contribution is 2.22. The topological polar surface area (TPSA) is 64.3 Å². The summed E-state index contributed by atoms with van der Waals surface area (Å²) in [7, 11) is 1.53. The standard InChI is InChI=1S/C16H19FN2O3/c1-16(2,21)13-10-14(11-4-6-12(17)7-5-11)18-19(15(13)20)8-9-22-3/h4-7,10,21H,8-9H2,1-3H3. The van der Waals surface area contributed by atoms with E-state index in [1.165, 1.54) is 23.9 Å². The third-order valence-corrected chi connectivity index (χ3v) is 3.28. The smallest absolute Gasteiger partial charge is 0.272 e. The lowest BCUT2D eigenvalue weighted by molar-refractivity contribution is 0.0758. The van der Waals surface area contributed by atoms with Crippen LogP contribution < -0.4 is 5.56 Å². The molecule has 0 unspecified atom stereocenters. The Morgan fingerprint density at radius 3 is 2.50 bits per heavy atom. The number of rotatable bonds is 5. The minimum absolute atomic E-state index is 0.234. The quantitative estimate of drug-likeness (QED) is 0.916. The third-order valence-electron chi connectivity index (χ3n) is 3.28. The van der Waals surface area contributed by atoms with Crippen LogP contribution in [0.15, 0.2) is 35.1 Å². The van der Waals surface area contributed by atoms with Crippen LogP contribution in [0.5, 0.6) is 0 Å². The van der Waals surface area contributed by atoms with Crippen molar-refractivity contribution >= 4 is 0 Å². The lowest BCUT2D eigenvalue weighted by Crippen LogP contribution is -2.34. The molecule has 0 atom stereocenters. The first-order chi connectivity index (χ1) is 10.3. The van der Waals surface area contributed by atoms with Crippen LogP contribution in [-0.4, -0.2) is 28.6 Å². The minimum Gasteiger partial charge on any atom is -0.386 e. The van der Waals surface area contributed by atoms with Gasteiger partial charge in [0.2, 0.25) is 0 Å². The number of benzene rings is 1. The summed E-state index contributed by atoms with van der Waals surface area (Å²) < 4.78 is 19.3. The molecule has 0 fully saturated rings. The molecule has 2 rings (SSSR count). The second-order valence-electron chi connectivity index (χ2n) is 5.53. The predicted octanol–water partition coefficient (Wildman–Crippen LogP) is 1.92. The maximum absolute atomic E-state index is 13.0. The molecule has 0 bridgehead atoms. The maximum atomic E-state index is 13.0. The van der Waals surface area contributed by atoms with Gasteiger partial charge in [0, 0.05) is 12.7 Å². The Morgan fingerprint density at radius 2 is 1.95 bits per heavy atom. The number of halogens is 1. The number of hydrogen-bond donors (Lipinski definition) is 1. The Kier molecular flexibility index (Phi) is 4.73. The molecule has 0 saturated heterocycles. The van der Waals surface area contributed by atoms with Gasteiger partial charge in [-0.25, -0.2) is 9.07 Å². The van der Waals surface area contributed by atoms with Crippen LogP contribution in [0.25, 0.3) is 11.3 Å². The summed E-state index contributed by atoms with van der Waals surface area (Å²) in [5, 5.41) is 14.5. The van der Waals surface area contributed by atoms with Gasteiger partial charge in [0.1, 0.15) is 5.82 Å². The molecule has 0 spiro atoms. The van der Waals surface area contributed by atoms with E-state index >= 15 is 0 Å². The largest absolute Gasteiger partial charge is 0.386 e. The van der Waals surface area contributed by atoms with Gasteiger partial charge in [-0.15, -0.1) is 0 Å². The number of nitrogens with zero attached hydrogens (tertiary/aromatic N) is 2. The van der Waals surface area contributed by atoms with Crippen molar-refractivity contribution in [1.29, 1.82) is 0 Å². The number of aliphatic hydroxyl groups is 1. The molecule has 1 aromatic heterocycles. The van der Waals surface area contributed by atoms with Crippen LogP contribution in [0.2, 0.25) is 0 Å². The van der Waals surface area contributed by atoms with Gasteiger partial charge in [-0.1, -0.05) is 0 Å². The fourth-order valence-electron chi connectivity index (χ4n) is 2.07. The highest BCUT2D eigenvalue weighted by atomic mass is 19.1. The molecule has 1 heterocycles. The lowest BCUT2D eigenvalue weighted by atomic mass is 9.98. The van der Waals surface area contributed by atoms with Gasteiger partial charge in [-0.05, 0) is 44.2 Å². The number of hydrogen-bond acceptors (Lipinski definition) is 4. The highest BCUT2D eigenvalue weighted by Gasteiger charge is 2.23. The average molecular weight is 306 g/mol. The number of methoxy groups -OCH3 is 1. The van der Waals surface area contributed by atoms with Gasteiger partial charge < -0.3 is 9.84 Å². The van der Waals surface area contributed by atoms with E-state index in [9.17, 15) is 14.3 Å². The van der Waals surface area contributed by atoms with Gasteiger partial charge in [-0.3, -0.25) is 4.79 Å². The highest BCUT2D eigenvalue weighted by molar-refractivity contribution is 5.59. The van der Waals surface area contributed by atoms with Crippen molar-refractivity contribution < 1.29 is 14.2 Å². The van der Waals surface area contributed by atoms with Crippen molar-refractivity contribution in [1.82, 2.24) is 9.78 Å². The van der Waals surface area contributed by atoms with Crippen molar-refractivity contribution in [3.05, 3.63) is 52.1 Å². The van der Waals surface area contributed by atoms with Crippen LogP contribution in [-0.2, 0) is 16.9 Å². The second-order valence-corrected chi connectivity index (χ2v) is 5.53. The van der Waals surface area contributed by atoms with E-state index in [1.54, 1.807) is 32.0 Å². The van der Waals surface area contributed by atoms with Gasteiger partial charge in [0.05, 0.1) is 30.0 Å². The van der Waals surface area contributed by atoms with Crippen LogP contribution >= 0.6 is 0 Å². The van der Waals surface area contributed by atoms with Crippen LogP contribution in [0.3, 0.4) is 0 Å². The average Bonchev–Trinajstić information content (AvgIpc) is 2.46. The van der Waals surface area contributed by atoms with E-state index in [1.807, 2.05) is 0 Å². The van der Waals surface area contributed by atoms with E-state index in [4.69, 9.17) is 4.74 Å². The Morgan fingerprint density at radius 1 is 1.32 bits per heavy atom. The zero-order valence-corrected chi connectivity index (χ0v) is 12.8. The first-order valence-corrected chi connectivity index (χ1v) is 6.93. The second kappa shape index (κ2) is 6.37. The summed E-state index contributed by atoms with van der Waals surface area (Å²) in [5.41, 5.74) is -0.275. The zero-order valence-electron chi connectivity index (χ0n) is 12.8. The summed E-state index contributed by atoms with van der Waals surface area (Å²) in [4.78, 5) is 12.4. The molecule has 0 saturated carbocycles. The first-order valence-electron chi connectivity index (χ1n) is 6.93. The predicted molar refractivity (Wildman–Crippen MR) is 81.0 cm³/mol. The van der Waals surface area contributed by atoms with Crippen molar-refractivity contribution in [2.75, 3.05) is 13.7 Å². The van der Waals surface area contributed by atoms with Crippen molar-refractivity contribution in [3.63, 3.8) is 0 Å².